The van der Waals surface area contributed by atoms with Crippen LogP contribution in [0.15, 0.2) is 91.3 Å². The topological polar surface area (TPSA) is 74.3 Å². The first-order valence-corrected chi connectivity index (χ1v) is 11.3. The van der Waals surface area contributed by atoms with Gasteiger partial charge in [-0.15, -0.1) is 0 Å². The standard InChI is InChI=1S/C27H30N4O2/c32-26(18-17-23-12-11-19-28-22-23)29-20-9-1-2-10-21-30-27(33)31(24-13-5-3-6-14-24)25-15-7-4-8-16-25/h3-8,11-19,22H,1-2,9-10,20-21H2,(H,29,32)(H,30,33)/b18-17-. The van der Waals surface area contributed by atoms with E-state index in [0.717, 1.165) is 42.6 Å². The van der Waals surface area contributed by atoms with E-state index in [1.807, 2.05) is 72.8 Å². The third-order valence-electron chi connectivity index (χ3n) is 5.02. The van der Waals surface area contributed by atoms with Gasteiger partial charge in [-0.25, -0.2) is 4.79 Å². The Morgan fingerprint density at radius 3 is 1.94 bits per heavy atom. The van der Waals surface area contributed by atoms with Gasteiger partial charge >= 0.3 is 6.03 Å². The molecule has 1 heterocycles. The predicted molar refractivity (Wildman–Crippen MR) is 133 cm³/mol. The van der Waals surface area contributed by atoms with E-state index in [4.69, 9.17) is 0 Å². The Morgan fingerprint density at radius 1 is 0.758 bits per heavy atom. The number of hydrogen-bond acceptors (Lipinski definition) is 3. The van der Waals surface area contributed by atoms with Crippen LogP contribution in [-0.4, -0.2) is 30.0 Å². The van der Waals surface area contributed by atoms with Crippen LogP contribution in [-0.2, 0) is 4.79 Å². The number of nitrogens with zero attached hydrogens (tertiary/aromatic N) is 2. The maximum absolute atomic E-state index is 12.9. The Hall–Kier alpha value is -3.93. The molecule has 0 unspecified atom stereocenters. The van der Waals surface area contributed by atoms with Crippen LogP contribution in [0.25, 0.3) is 6.08 Å². The number of hydrogen-bond donors (Lipinski definition) is 2. The van der Waals surface area contributed by atoms with Crippen LogP contribution in [0.3, 0.4) is 0 Å². The molecule has 3 aromatic rings. The molecular weight excluding hydrogens is 412 g/mol. The molecule has 0 bridgehead atoms. The number of rotatable bonds is 11. The zero-order valence-corrected chi connectivity index (χ0v) is 18.7. The largest absolute Gasteiger partial charge is 0.353 e. The van der Waals surface area contributed by atoms with Crippen molar-refractivity contribution in [2.75, 3.05) is 18.0 Å². The maximum Gasteiger partial charge on any atom is 0.326 e. The van der Waals surface area contributed by atoms with Crippen LogP contribution in [0.2, 0.25) is 0 Å². The van der Waals surface area contributed by atoms with Crippen molar-refractivity contribution in [1.29, 1.82) is 0 Å². The molecule has 3 rings (SSSR count). The van der Waals surface area contributed by atoms with Crippen molar-refractivity contribution in [2.45, 2.75) is 25.7 Å². The van der Waals surface area contributed by atoms with E-state index in [2.05, 4.69) is 15.6 Å². The molecule has 6 heteroatoms. The Labute approximate surface area is 195 Å². The third kappa shape index (κ3) is 8.26. The van der Waals surface area contributed by atoms with Crippen molar-refractivity contribution in [1.82, 2.24) is 15.6 Å². The molecule has 2 aromatic carbocycles. The highest BCUT2D eigenvalue weighted by atomic mass is 16.2. The summed E-state index contributed by atoms with van der Waals surface area (Å²) in [5.41, 5.74) is 2.55. The first kappa shape index (κ1) is 23.7. The van der Waals surface area contributed by atoms with Crippen LogP contribution in [0.5, 0.6) is 0 Å². The van der Waals surface area contributed by atoms with Crippen molar-refractivity contribution in [3.63, 3.8) is 0 Å². The minimum Gasteiger partial charge on any atom is -0.353 e. The number of nitrogens with one attached hydrogen (secondary N) is 2. The predicted octanol–water partition coefficient (Wildman–Crippen LogP) is 5.32. The molecular formula is C27H30N4O2. The number of anilines is 2. The summed E-state index contributed by atoms with van der Waals surface area (Å²) in [6.45, 7) is 1.24. The number of aromatic nitrogens is 1. The molecule has 0 saturated carbocycles. The fourth-order valence-corrected chi connectivity index (χ4v) is 3.33. The smallest absolute Gasteiger partial charge is 0.326 e. The molecule has 0 fully saturated rings. The quantitative estimate of drug-likeness (QED) is 0.312. The number of urea groups is 1. The van der Waals surface area contributed by atoms with E-state index in [-0.39, 0.29) is 11.9 Å². The molecule has 3 amide bonds. The van der Waals surface area contributed by atoms with Crippen molar-refractivity contribution >= 4 is 29.4 Å². The molecule has 0 aliphatic carbocycles. The summed E-state index contributed by atoms with van der Waals surface area (Å²) in [5, 5.41) is 5.91. The highest BCUT2D eigenvalue weighted by Gasteiger charge is 2.16. The van der Waals surface area contributed by atoms with Gasteiger partial charge in [-0.05, 0) is 54.8 Å². The summed E-state index contributed by atoms with van der Waals surface area (Å²) < 4.78 is 0. The van der Waals surface area contributed by atoms with Crippen LogP contribution >= 0.6 is 0 Å². The molecule has 0 saturated heterocycles. The minimum absolute atomic E-state index is 0.104. The third-order valence-corrected chi connectivity index (χ3v) is 5.02. The Kier molecular flexibility index (Phi) is 9.69. The van der Waals surface area contributed by atoms with Crippen LogP contribution < -0.4 is 15.5 Å². The van der Waals surface area contributed by atoms with Gasteiger partial charge in [-0.2, -0.15) is 0 Å². The number of pyridine rings is 1. The van der Waals surface area contributed by atoms with Gasteiger partial charge in [0.05, 0.1) is 11.4 Å². The molecule has 0 atom stereocenters. The number of para-hydroxylation sites is 2. The number of carbonyl (C=O) groups is 2. The van der Waals surface area contributed by atoms with Gasteiger partial charge < -0.3 is 10.6 Å². The lowest BCUT2D eigenvalue weighted by Gasteiger charge is -2.23. The van der Waals surface area contributed by atoms with Crippen LogP contribution in [0, 0.1) is 0 Å². The van der Waals surface area contributed by atoms with E-state index in [0.29, 0.717) is 13.1 Å². The fourth-order valence-electron chi connectivity index (χ4n) is 3.33. The van der Waals surface area contributed by atoms with E-state index < -0.39 is 0 Å². The SMILES string of the molecule is O=C(/C=C\c1cccnc1)NCCCCCCNC(=O)N(c1ccccc1)c1ccccc1. The molecule has 0 aliphatic rings. The lowest BCUT2D eigenvalue weighted by atomic mass is 10.2. The second kappa shape index (κ2) is 13.5. The summed E-state index contributed by atoms with van der Waals surface area (Å²) in [7, 11) is 0. The average molecular weight is 443 g/mol. The number of amides is 3. The van der Waals surface area contributed by atoms with Gasteiger partial charge in [0.1, 0.15) is 0 Å². The maximum atomic E-state index is 12.9. The molecule has 0 aliphatic heterocycles. The fraction of sp³-hybridized carbons (Fsp3) is 0.222. The molecule has 1 aromatic heterocycles. The van der Waals surface area contributed by atoms with Crippen molar-refractivity contribution in [2.24, 2.45) is 0 Å². The minimum atomic E-state index is -0.139. The molecule has 0 radical (unpaired) electrons. The van der Waals surface area contributed by atoms with Crippen molar-refractivity contribution < 1.29 is 9.59 Å². The number of unbranched alkanes of at least 4 members (excludes halogenated alkanes) is 3. The second-order valence-electron chi connectivity index (χ2n) is 7.56. The second-order valence-corrected chi connectivity index (χ2v) is 7.56. The highest BCUT2D eigenvalue weighted by molar-refractivity contribution is 5.99. The summed E-state index contributed by atoms with van der Waals surface area (Å²) in [4.78, 5) is 30.4. The van der Waals surface area contributed by atoms with Gasteiger partial charge in [0, 0.05) is 31.6 Å². The Bertz CT molecular complexity index is 969. The van der Waals surface area contributed by atoms with Gasteiger partial charge in [0.15, 0.2) is 0 Å². The summed E-state index contributed by atoms with van der Waals surface area (Å²) in [5.74, 6) is -0.104. The Morgan fingerprint density at radius 2 is 1.36 bits per heavy atom. The van der Waals surface area contributed by atoms with E-state index in [9.17, 15) is 9.59 Å². The summed E-state index contributed by atoms with van der Waals surface area (Å²) in [6, 6.07) is 22.8. The summed E-state index contributed by atoms with van der Waals surface area (Å²) >= 11 is 0. The first-order valence-electron chi connectivity index (χ1n) is 11.3. The van der Waals surface area contributed by atoms with E-state index in [1.54, 1.807) is 23.4 Å². The average Bonchev–Trinajstić information content (AvgIpc) is 2.86. The molecule has 33 heavy (non-hydrogen) atoms. The molecule has 2 N–H and O–H groups in total. The lowest BCUT2D eigenvalue weighted by Crippen LogP contribution is -2.37. The number of carbonyl (C=O) groups excluding carboxylic acids is 2. The molecule has 0 spiro atoms. The number of benzene rings is 2. The van der Waals surface area contributed by atoms with Gasteiger partial charge in [0.2, 0.25) is 5.91 Å². The molecule has 170 valence electrons. The van der Waals surface area contributed by atoms with Crippen LogP contribution in [0.1, 0.15) is 31.2 Å². The Balaban J connectivity index is 1.32. The monoisotopic (exact) mass is 442 g/mol. The van der Waals surface area contributed by atoms with Gasteiger partial charge in [-0.1, -0.05) is 55.3 Å². The molecule has 6 nitrogen and oxygen atoms in total. The highest BCUT2D eigenvalue weighted by Crippen LogP contribution is 2.24. The van der Waals surface area contributed by atoms with E-state index in [1.165, 1.54) is 6.08 Å². The van der Waals surface area contributed by atoms with Crippen molar-refractivity contribution in [3.05, 3.63) is 96.8 Å². The zero-order chi connectivity index (χ0) is 23.1. The lowest BCUT2D eigenvalue weighted by molar-refractivity contribution is -0.116. The van der Waals surface area contributed by atoms with Gasteiger partial charge in [-0.3, -0.25) is 14.7 Å². The van der Waals surface area contributed by atoms with Crippen molar-refractivity contribution in [3.8, 4) is 0 Å². The normalized spacial score (nSPS) is 10.7. The summed E-state index contributed by atoms with van der Waals surface area (Å²) in [6.07, 6.45) is 10.4. The first-order chi connectivity index (χ1) is 16.2. The van der Waals surface area contributed by atoms with Crippen LogP contribution in [0.4, 0.5) is 16.2 Å². The zero-order valence-electron chi connectivity index (χ0n) is 18.7. The van der Waals surface area contributed by atoms with E-state index >= 15 is 0 Å². The van der Waals surface area contributed by atoms with Gasteiger partial charge in [0.25, 0.3) is 0 Å².